The van der Waals surface area contributed by atoms with Crippen molar-refractivity contribution in [1.29, 1.82) is 0 Å². The van der Waals surface area contributed by atoms with Crippen LogP contribution in [0.1, 0.15) is 45.4 Å². The minimum absolute atomic E-state index is 0. The molecule has 3 rings (SSSR count). The van der Waals surface area contributed by atoms with Gasteiger partial charge in [-0.3, -0.25) is 14.5 Å². The zero-order valence-corrected chi connectivity index (χ0v) is 16.0. The molecule has 1 saturated heterocycles. The van der Waals surface area contributed by atoms with Gasteiger partial charge in [-0.2, -0.15) is 0 Å². The molecule has 1 atom stereocenters. The summed E-state index contributed by atoms with van der Waals surface area (Å²) in [6, 6.07) is 0.286. The molecule has 8 heteroatoms. The van der Waals surface area contributed by atoms with Crippen LogP contribution in [0.2, 0.25) is 0 Å². The first-order valence-corrected chi connectivity index (χ1v) is 8.62. The first kappa shape index (κ1) is 21.5. The lowest BCUT2D eigenvalue weighted by Gasteiger charge is -2.40. The Morgan fingerprint density at radius 2 is 1.62 bits per heavy atom. The van der Waals surface area contributed by atoms with E-state index in [4.69, 9.17) is 5.73 Å². The lowest BCUT2D eigenvalue weighted by atomic mass is 9.96. The molecule has 0 aromatic heterocycles. The summed E-state index contributed by atoms with van der Waals surface area (Å²) in [5.74, 6) is 0.230. The van der Waals surface area contributed by atoms with Crippen molar-refractivity contribution in [2.24, 2.45) is 5.73 Å². The second-order valence-corrected chi connectivity index (χ2v) is 7.15. The Morgan fingerprint density at radius 1 is 1.08 bits per heavy atom. The number of amides is 2. The number of piperazine rings is 1. The number of carbonyl (C=O) groups excluding carboxylic acids is 2. The molecule has 2 amide bonds. The van der Waals surface area contributed by atoms with Gasteiger partial charge in [-0.05, 0) is 32.6 Å². The fraction of sp³-hybridized carbons (Fsp3) is 0.875. The predicted octanol–water partition coefficient (Wildman–Crippen LogP) is 0.913. The van der Waals surface area contributed by atoms with Gasteiger partial charge in [0.05, 0.1) is 11.6 Å². The molecule has 2 aliphatic carbocycles. The van der Waals surface area contributed by atoms with Crippen LogP contribution in [0.15, 0.2) is 0 Å². The van der Waals surface area contributed by atoms with E-state index in [9.17, 15) is 9.59 Å². The van der Waals surface area contributed by atoms with Crippen LogP contribution in [0, 0.1) is 0 Å². The highest BCUT2D eigenvalue weighted by Crippen LogP contribution is 2.29. The summed E-state index contributed by atoms with van der Waals surface area (Å²) < 4.78 is 0. The molecule has 1 unspecified atom stereocenters. The standard InChI is InChI=1S/C16H28N4O2.2ClH/c1-12(14(21)18-13-4-5-13)19-8-10-20(11-9-19)15(22)16(17)6-2-3-7-16;;/h12-13H,2-11,17H2,1H3,(H,18,21);2*1H. The van der Waals surface area contributed by atoms with E-state index in [0.717, 1.165) is 51.6 Å². The number of nitrogens with zero attached hydrogens (tertiary/aromatic N) is 2. The molecule has 0 radical (unpaired) electrons. The van der Waals surface area contributed by atoms with Crippen molar-refractivity contribution in [1.82, 2.24) is 15.1 Å². The fourth-order valence-electron chi connectivity index (χ4n) is 3.56. The van der Waals surface area contributed by atoms with Crippen LogP contribution in [-0.4, -0.2) is 65.4 Å². The SMILES string of the molecule is CC(C(=O)NC1CC1)N1CCN(C(=O)C2(N)CCCC2)CC1.Cl.Cl. The molecule has 1 aliphatic heterocycles. The number of rotatable bonds is 4. The molecule has 6 nitrogen and oxygen atoms in total. The van der Waals surface area contributed by atoms with E-state index in [2.05, 4.69) is 10.2 Å². The van der Waals surface area contributed by atoms with Crippen LogP contribution in [-0.2, 0) is 9.59 Å². The molecule has 140 valence electrons. The van der Waals surface area contributed by atoms with E-state index < -0.39 is 5.54 Å². The van der Waals surface area contributed by atoms with Gasteiger partial charge in [-0.1, -0.05) is 12.8 Å². The van der Waals surface area contributed by atoms with E-state index in [1.54, 1.807) is 0 Å². The summed E-state index contributed by atoms with van der Waals surface area (Å²) in [5, 5.41) is 3.05. The van der Waals surface area contributed by atoms with Crippen molar-refractivity contribution in [3.8, 4) is 0 Å². The second kappa shape index (κ2) is 8.70. The molecule has 2 saturated carbocycles. The van der Waals surface area contributed by atoms with E-state index in [1.165, 1.54) is 0 Å². The normalized spacial score (nSPS) is 24.5. The third kappa shape index (κ3) is 4.75. The molecule has 3 N–H and O–H groups in total. The number of carbonyl (C=O) groups is 2. The number of nitrogens with two attached hydrogens (primary N) is 1. The molecule has 1 heterocycles. The van der Waals surface area contributed by atoms with Gasteiger partial charge < -0.3 is 16.0 Å². The molecule has 3 aliphatic rings. The van der Waals surface area contributed by atoms with Gasteiger partial charge in [0.15, 0.2) is 0 Å². The van der Waals surface area contributed by atoms with Gasteiger partial charge in [-0.15, -0.1) is 24.8 Å². The van der Waals surface area contributed by atoms with Gasteiger partial charge >= 0.3 is 0 Å². The zero-order valence-electron chi connectivity index (χ0n) is 14.3. The minimum Gasteiger partial charge on any atom is -0.352 e. The van der Waals surface area contributed by atoms with Gasteiger partial charge in [0, 0.05) is 32.2 Å². The Bertz CT molecular complexity index is 445. The molecule has 0 aromatic carbocycles. The summed E-state index contributed by atoms with van der Waals surface area (Å²) in [4.78, 5) is 28.8. The van der Waals surface area contributed by atoms with E-state index in [-0.39, 0.29) is 42.7 Å². The van der Waals surface area contributed by atoms with Crippen molar-refractivity contribution in [3.63, 3.8) is 0 Å². The molecule has 0 spiro atoms. The lowest BCUT2D eigenvalue weighted by Crippen LogP contribution is -2.60. The molecule has 3 fully saturated rings. The summed E-state index contributed by atoms with van der Waals surface area (Å²) in [5.41, 5.74) is 5.64. The first-order chi connectivity index (χ1) is 10.5. The number of nitrogens with one attached hydrogen (secondary N) is 1. The summed E-state index contributed by atoms with van der Waals surface area (Å²) in [7, 11) is 0. The molecular weight excluding hydrogens is 351 g/mol. The molecule has 24 heavy (non-hydrogen) atoms. The smallest absolute Gasteiger partial charge is 0.242 e. The average molecular weight is 381 g/mol. The van der Waals surface area contributed by atoms with Crippen molar-refractivity contribution >= 4 is 36.6 Å². The van der Waals surface area contributed by atoms with Crippen LogP contribution in [0.25, 0.3) is 0 Å². The van der Waals surface area contributed by atoms with E-state index in [1.807, 2.05) is 11.8 Å². The van der Waals surface area contributed by atoms with E-state index in [0.29, 0.717) is 19.1 Å². The summed E-state index contributed by atoms with van der Waals surface area (Å²) in [6.07, 6.45) is 5.96. The molecular formula is C16H30Cl2N4O2. The third-order valence-electron chi connectivity index (χ3n) is 5.37. The summed E-state index contributed by atoms with van der Waals surface area (Å²) >= 11 is 0. The first-order valence-electron chi connectivity index (χ1n) is 8.62. The maximum absolute atomic E-state index is 12.6. The number of hydrogen-bond donors (Lipinski definition) is 2. The number of halogens is 2. The zero-order chi connectivity index (χ0) is 15.7. The summed E-state index contributed by atoms with van der Waals surface area (Å²) in [6.45, 7) is 4.82. The Morgan fingerprint density at radius 3 is 2.12 bits per heavy atom. The van der Waals surface area contributed by atoms with Gasteiger partial charge in [0.1, 0.15) is 0 Å². The van der Waals surface area contributed by atoms with Gasteiger partial charge in [0.25, 0.3) is 0 Å². The van der Waals surface area contributed by atoms with Crippen molar-refractivity contribution in [3.05, 3.63) is 0 Å². The monoisotopic (exact) mass is 380 g/mol. The van der Waals surface area contributed by atoms with Crippen molar-refractivity contribution < 1.29 is 9.59 Å². The highest BCUT2D eigenvalue weighted by molar-refractivity contribution is 5.87. The minimum atomic E-state index is -0.628. The molecule has 0 aromatic rings. The van der Waals surface area contributed by atoms with E-state index >= 15 is 0 Å². The van der Waals surface area contributed by atoms with Crippen LogP contribution in [0.5, 0.6) is 0 Å². The average Bonchev–Trinajstić information content (AvgIpc) is 3.23. The quantitative estimate of drug-likeness (QED) is 0.759. The van der Waals surface area contributed by atoms with Crippen LogP contribution in [0.3, 0.4) is 0 Å². The lowest BCUT2D eigenvalue weighted by molar-refractivity contribution is -0.139. The fourth-order valence-corrected chi connectivity index (χ4v) is 3.56. The Hall–Kier alpha value is -0.560. The molecule has 0 bridgehead atoms. The van der Waals surface area contributed by atoms with Gasteiger partial charge in [-0.25, -0.2) is 0 Å². The second-order valence-electron chi connectivity index (χ2n) is 7.15. The maximum atomic E-state index is 12.6. The highest BCUT2D eigenvalue weighted by atomic mass is 35.5. The Kier molecular flexibility index (Phi) is 7.78. The van der Waals surface area contributed by atoms with Crippen LogP contribution >= 0.6 is 24.8 Å². The maximum Gasteiger partial charge on any atom is 0.242 e. The van der Waals surface area contributed by atoms with Crippen LogP contribution in [0.4, 0.5) is 0 Å². The largest absolute Gasteiger partial charge is 0.352 e. The Balaban J connectivity index is 0.00000144. The van der Waals surface area contributed by atoms with Crippen molar-refractivity contribution in [2.75, 3.05) is 26.2 Å². The highest BCUT2D eigenvalue weighted by Gasteiger charge is 2.41. The van der Waals surface area contributed by atoms with Crippen molar-refractivity contribution in [2.45, 2.75) is 63.1 Å². The van der Waals surface area contributed by atoms with Crippen LogP contribution < -0.4 is 11.1 Å². The predicted molar refractivity (Wildman–Crippen MR) is 98.7 cm³/mol. The van der Waals surface area contributed by atoms with Gasteiger partial charge in [0.2, 0.25) is 11.8 Å². The third-order valence-corrected chi connectivity index (χ3v) is 5.37. The number of hydrogen-bond acceptors (Lipinski definition) is 4. The Labute approximate surface area is 156 Å². The topological polar surface area (TPSA) is 78.7 Å².